The van der Waals surface area contributed by atoms with E-state index < -0.39 is 0 Å². The molecule has 21 heavy (non-hydrogen) atoms. The second-order valence-electron chi connectivity index (χ2n) is 5.47. The van der Waals surface area contributed by atoms with Gasteiger partial charge in [0.25, 0.3) is 5.91 Å². The van der Waals surface area contributed by atoms with Crippen molar-refractivity contribution in [3.05, 3.63) is 54.0 Å². The first-order valence-corrected chi connectivity index (χ1v) is 7.40. The van der Waals surface area contributed by atoms with Crippen molar-refractivity contribution in [2.75, 3.05) is 18.0 Å². The van der Waals surface area contributed by atoms with Gasteiger partial charge in [-0.05, 0) is 57.1 Å². The predicted octanol–water partition coefficient (Wildman–Crippen LogP) is 2.99. The second kappa shape index (κ2) is 6.14. The Hall–Kier alpha value is -2.07. The van der Waals surface area contributed by atoms with Crippen LogP contribution in [0.3, 0.4) is 0 Å². The first kappa shape index (κ1) is 13.9. The van der Waals surface area contributed by atoms with Gasteiger partial charge in [-0.1, -0.05) is 17.7 Å². The molecule has 1 fully saturated rings. The van der Waals surface area contributed by atoms with Crippen LogP contribution in [0.15, 0.2) is 47.1 Å². The fraction of sp³-hybridized carbons (Fsp3) is 0.353. The molecule has 2 aromatic rings. The molecule has 1 aromatic carbocycles. The van der Waals surface area contributed by atoms with Crippen molar-refractivity contribution in [3.8, 4) is 0 Å². The van der Waals surface area contributed by atoms with Gasteiger partial charge in [0.1, 0.15) is 0 Å². The Morgan fingerprint density at radius 1 is 1.19 bits per heavy atom. The van der Waals surface area contributed by atoms with Crippen LogP contribution in [-0.4, -0.2) is 25.0 Å². The summed E-state index contributed by atoms with van der Waals surface area (Å²) in [7, 11) is 0. The average Bonchev–Trinajstić information content (AvgIpc) is 3.05. The van der Waals surface area contributed by atoms with E-state index in [0.29, 0.717) is 5.76 Å². The number of nitrogens with one attached hydrogen (secondary N) is 1. The first-order valence-electron chi connectivity index (χ1n) is 7.40. The van der Waals surface area contributed by atoms with E-state index in [1.165, 1.54) is 5.56 Å². The molecule has 1 aromatic heterocycles. The molecule has 4 heteroatoms. The highest BCUT2D eigenvalue weighted by molar-refractivity contribution is 6.04. The van der Waals surface area contributed by atoms with Crippen molar-refractivity contribution in [2.24, 2.45) is 0 Å². The topological polar surface area (TPSA) is 45.5 Å². The van der Waals surface area contributed by atoms with Crippen LogP contribution < -0.4 is 10.2 Å². The van der Waals surface area contributed by atoms with Crippen LogP contribution in [0, 0.1) is 6.92 Å². The van der Waals surface area contributed by atoms with Crippen molar-refractivity contribution in [2.45, 2.75) is 25.8 Å². The van der Waals surface area contributed by atoms with Gasteiger partial charge in [0.2, 0.25) is 0 Å². The molecule has 0 atom stereocenters. The summed E-state index contributed by atoms with van der Waals surface area (Å²) in [5.41, 5.74) is 2.13. The Bertz CT molecular complexity index is 584. The number of carbonyl (C=O) groups excluding carboxylic acids is 1. The molecule has 2 heterocycles. The SMILES string of the molecule is Cc1ccc(N(C(=O)c2ccco2)C2CCNCC2)cc1. The van der Waals surface area contributed by atoms with E-state index in [-0.39, 0.29) is 11.9 Å². The Labute approximate surface area is 124 Å². The molecule has 0 aliphatic carbocycles. The molecule has 1 amide bonds. The summed E-state index contributed by atoms with van der Waals surface area (Å²) in [5, 5.41) is 3.34. The van der Waals surface area contributed by atoms with E-state index >= 15 is 0 Å². The van der Waals surface area contributed by atoms with Gasteiger partial charge in [-0.15, -0.1) is 0 Å². The van der Waals surface area contributed by atoms with Crippen molar-refractivity contribution in [3.63, 3.8) is 0 Å². The number of benzene rings is 1. The van der Waals surface area contributed by atoms with Crippen molar-refractivity contribution in [1.82, 2.24) is 5.32 Å². The molecule has 0 radical (unpaired) electrons. The highest BCUT2D eigenvalue weighted by atomic mass is 16.3. The standard InChI is InChI=1S/C17H20N2O2/c1-13-4-6-14(7-5-13)19(15-8-10-18-11-9-15)17(20)16-3-2-12-21-16/h2-7,12,15,18H,8-11H2,1H3. The zero-order chi connectivity index (χ0) is 14.7. The number of anilines is 1. The van der Waals surface area contributed by atoms with E-state index in [1.54, 1.807) is 18.4 Å². The molecule has 1 saturated heterocycles. The molecule has 0 spiro atoms. The monoisotopic (exact) mass is 284 g/mol. The fourth-order valence-corrected chi connectivity index (χ4v) is 2.78. The fourth-order valence-electron chi connectivity index (χ4n) is 2.78. The average molecular weight is 284 g/mol. The number of piperidine rings is 1. The number of furan rings is 1. The van der Waals surface area contributed by atoms with Crippen LogP contribution in [0.1, 0.15) is 29.0 Å². The largest absolute Gasteiger partial charge is 0.459 e. The van der Waals surface area contributed by atoms with E-state index in [2.05, 4.69) is 5.32 Å². The van der Waals surface area contributed by atoms with Gasteiger partial charge in [-0.2, -0.15) is 0 Å². The number of hydrogen-bond acceptors (Lipinski definition) is 3. The van der Waals surface area contributed by atoms with Gasteiger partial charge in [0.05, 0.1) is 6.26 Å². The van der Waals surface area contributed by atoms with Gasteiger partial charge in [-0.25, -0.2) is 0 Å². The van der Waals surface area contributed by atoms with E-state index in [0.717, 1.165) is 31.6 Å². The van der Waals surface area contributed by atoms with Gasteiger partial charge in [0.15, 0.2) is 5.76 Å². The van der Waals surface area contributed by atoms with Crippen molar-refractivity contribution < 1.29 is 9.21 Å². The Morgan fingerprint density at radius 2 is 1.90 bits per heavy atom. The number of carbonyl (C=O) groups is 1. The molecule has 110 valence electrons. The number of rotatable bonds is 3. The van der Waals surface area contributed by atoms with Crippen LogP contribution in [0.5, 0.6) is 0 Å². The predicted molar refractivity (Wildman–Crippen MR) is 82.6 cm³/mol. The van der Waals surface area contributed by atoms with Crippen LogP contribution in [-0.2, 0) is 0 Å². The highest BCUT2D eigenvalue weighted by Crippen LogP contribution is 2.25. The van der Waals surface area contributed by atoms with Crippen LogP contribution in [0.2, 0.25) is 0 Å². The summed E-state index contributed by atoms with van der Waals surface area (Å²) in [6, 6.07) is 11.8. The number of hydrogen-bond donors (Lipinski definition) is 1. The lowest BCUT2D eigenvalue weighted by Crippen LogP contribution is -2.46. The minimum atomic E-state index is -0.0595. The number of amides is 1. The lowest BCUT2D eigenvalue weighted by molar-refractivity contribution is 0.0945. The van der Waals surface area contributed by atoms with Crippen LogP contribution in [0.4, 0.5) is 5.69 Å². The van der Waals surface area contributed by atoms with Crippen molar-refractivity contribution >= 4 is 11.6 Å². The minimum Gasteiger partial charge on any atom is -0.459 e. The van der Waals surface area contributed by atoms with Gasteiger partial charge < -0.3 is 14.6 Å². The molecule has 1 N–H and O–H groups in total. The summed E-state index contributed by atoms with van der Waals surface area (Å²) >= 11 is 0. The molecule has 1 aliphatic rings. The van der Waals surface area contributed by atoms with E-state index in [1.807, 2.05) is 36.1 Å². The van der Waals surface area contributed by atoms with Gasteiger partial charge >= 0.3 is 0 Å². The van der Waals surface area contributed by atoms with Crippen LogP contribution >= 0.6 is 0 Å². The third kappa shape index (κ3) is 3.00. The Morgan fingerprint density at radius 3 is 2.52 bits per heavy atom. The smallest absolute Gasteiger partial charge is 0.294 e. The lowest BCUT2D eigenvalue weighted by Gasteiger charge is -2.34. The summed E-state index contributed by atoms with van der Waals surface area (Å²) in [6.07, 6.45) is 3.46. The molecule has 3 rings (SSSR count). The maximum Gasteiger partial charge on any atom is 0.294 e. The maximum atomic E-state index is 12.8. The normalized spacial score (nSPS) is 15.9. The summed E-state index contributed by atoms with van der Waals surface area (Å²) < 4.78 is 5.31. The third-order valence-electron chi connectivity index (χ3n) is 3.94. The quantitative estimate of drug-likeness (QED) is 0.942. The second-order valence-corrected chi connectivity index (χ2v) is 5.47. The molecular formula is C17H20N2O2. The Kier molecular flexibility index (Phi) is 4.06. The summed E-state index contributed by atoms with van der Waals surface area (Å²) in [4.78, 5) is 14.7. The first-order chi connectivity index (χ1) is 10.3. The van der Waals surface area contributed by atoms with Crippen LogP contribution in [0.25, 0.3) is 0 Å². The van der Waals surface area contributed by atoms with Crippen molar-refractivity contribution in [1.29, 1.82) is 0 Å². The summed E-state index contributed by atoms with van der Waals surface area (Å²) in [5.74, 6) is 0.338. The summed E-state index contributed by atoms with van der Waals surface area (Å²) in [6.45, 7) is 3.93. The molecule has 0 saturated carbocycles. The molecular weight excluding hydrogens is 264 g/mol. The zero-order valence-corrected chi connectivity index (χ0v) is 12.2. The van der Waals surface area contributed by atoms with E-state index in [9.17, 15) is 4.79 Å². The number of aryl methyl sites for hydroxylation is 1. The number of nitrogens with zero attached hydrogens (tertiary/aromatic N) is 1. The Balaban J connectivity index is 1.93. The minimum absolute atomic E-state index is 0.0595. The molecule has 4 nitrogen and oxygen atoms in total. The molecule has 0 unspecified atom stereocenters. The lowest BCUT2D eigenvalue weighted by atomic mass is 10.0. The molecule has 1 aliphatic heterocycles. The highest BCUT2D eigenvalue weighted by Gasteiger charge is 2.28. The third-order valence-corrected chi connectivity index (χ3v) is 3.94. The van der Waals surface area contributed by atoms with E-state index in [4.69, 9.17) is 4.42 Å². The zero-order valence-electron chi connectivity index (χ0n) is 12.2. The van der Waals surface area contributed by atoms with Gasteiger partial charge in [-0.3, -0.25) is 4.79 Å². The maximum absolute atomic E-state index is 12.8. The molecule has 0 bridgehead atoms. The van der Waals surface area contributed by atoms with Gasteiger partial charge in [0, 0.05) is 11.7 Å².